The van der Waals surface area contributed by atoms with E-state index in [4.69, 9.17) is 22.7 Å². The van der Waals surface area contributed by atoms with E-state index < -0.39 is 5.97 Å². The Morgan fingerprint density at radius 3 is 1.57 bits per heavy atom. The van der Waals surface area contributed by atoms with E-state index in [1.54, 1.807) is 84.4 Å². The van der Waals surface area contributed by atoms with Gasteiger partial charge in [0.05, 0.1) is 52.7 Å². The number of aryl methyl sites for hydroxylation is 4. The Balaban J connectivity index is 0.000000266. The molecule has 4 heterocycles. The van der Waals surface area contributed by atoms with Crippen LogP contribution in [-0.2, 0) is 14.1 Å². The Kier molecular flexibility index (Phi) is 15.8. The number of carboxylic acid groups (broad SMARTS) is 1. The monoisotopic (exact) mass is 775 g/mol. The number of benzene rings is 2. The number of halogens is 1. The van der Waals surface area contributed by atoms with Gasteiger partial charge < -0.3 is 15.7 Å². The number of nitrogens with two attached hydrogens (primary N) is 1. The summed E-state index contributed by atoms with van der Waals surface area (Å²) in [5.74, 6) is -0.335. The van der Waals surface area contributed by atoms with Crippen LogP contribution < -0.4 is 16.4 Å². The molecule has 16 nitrogen and oxygen atoms in total. The normalized spacial score (nSPS) is 11.1. The molecule has 0 spiro atoms. The third kappa shape index (κ3) is 12.6. The molecule has 0 radical (unpaired) electrons. The van der Waals surface area contributed by atoms with Crippen LogP contribution in [0.2, 0.25) is 0 Å². The predicted molar refractivity (Wildman–Crippen MR) is 216 cm³/mol. The average molecular weight is 776 g/mol. The number of carboxylic acids is 1. The molecule has 0 fully saturated rings. The first-order chi connectivity index (χ1) is 26.3. The Morgan fingerprint density at radius 1 is 0.821 bits per heavy atom. The molecule has 0 aliphatic carbocycles. The maximum atomic E-state index is 12.2. The van der Waals surface area contributed by atoms with Crippen LogP contribution in [0.4, 0.5) is 23.3 Å². The minimum atomic E-state index is -0.949. The molecule has 0 aliphatic rings. The number of hydrogen-bond acceptors (Lipinski definition) is 12. The standard InChI is InChI=1S/C20H20N6O.C16H15N5O2.C3H6N2.ClH/c1-13(9-21)8-18(27)15-4-6-16(7-5-15)19-14(2)10-22-20(25-19)24-17-11-23-26(3)12-17;1-10-7-17-16(19-13-8-18-21(2)9-13)20-14(10)11-3-5-12(6-4-11)15(22)23;1-3(4)5-2;/h4-7,10-13H,8H2,1-3H3,(H,22,24,25);3-9H,1-2H3,(H,22,23)(H,17,19,20);3H,4H2,1H3;1H. The van der Waals surface area contributed by atoms with E-state index in [0.717, 1.165) is 45.0 Å². The van der Waals surface area contributed by atoms with Crippen molar-refractivity contribution in [1.29, 1.82) is 5.26 Å². The van der Waals surface area contributed by atoms with Crippen molar-refractivity contribution < 1.29 is 14.7 Å². The van der Waals surface area contributed by atoms with Crippen LogP contribution in [0, 0.1) is 37.7 Å². The largest absolute Gasteiger partial charge is 0.478 e. The molecule has 288 valence electrons. The van der Waals surface area contributed by atoms with Crippen LogP contribution in [0.1, 0.15) is 52.1 Å². The smallest absolute Gasteiger partial charge is 0.335 e. The number of hydrogen-bond donors (Lipinski definition) is 4. The zero-order valence-corrected chi connectivity index (χ0v) is 32.5. The molecule has 0 amide bonds. The fourth-order valence-electron chi connectivity index (χ4n) is 4.84. The fraction of sp³-hybridized carbons (Fsp3) is 0.231. The second-order valence-electron chi connectivity index (χ2n) is 12.5. The Labute approximate surface area is 330 Å². The Hall–Kier alpha value is -7.01. The maximum Gasteiger partial charge on any atom is 0.335 e. The molecule has 0 saturated heterocycles. The van der Waals surface area contributed by atoms with Crippen LogP contribution in [0.5, 0.6) is 0 Å². The number of nitriles is 1. The summed E-state index contributed by atoms with van der Waals surface area (Å²) in [6, 6.07) is 16.0. The highest BCUT2D eigenvalue weighted by molar-refractivity contribution is 5.96. The number of carbonyl (C=O) groups excluding carboxylic acids is 1. The average Bonchev–Trinajstić information content (AvgIpc) is 3.79. The van der Waals surface area contributed by atoms with E-state index in [0.29, 0.717) is 17.5 Å². The lowest BCUT2D eigenvalue weighted by Crippen LogP contribution is -2.07. The molecular formula is C39H42ClN13O3. The molecule has 2 aromatic carbocycles. The fourth-order valence-corrected chi connectivity index (χ4v) is 4.84. The zero-order chi connectivity index (χ0) is 40.1. The van der Waals surface area contributed by atoms with Gasteiger partial charge in [-0.2, -0.15) is 15.5 Å². The van der Waals surface area contributed by atoms with Crippen molar-refractivity contribution in [2.45, 2.75) is 40.3 Å². The third-order valence-electron chi connectivity index (χ3n) is 7.67. The second-order valence-corrected chi connectivity index (χ2v) is 12.5. The first kappa shape index (κ1) is 43.4. The Morgan fingerprint density at radius 2 is 1.23 bits per heavy atom. The number of ketones is 1. The summed E-state index contributed by atoms with van der Waals surface area (Å²) in [5, 5.41) is 32.2. The van der Waals surface area contributed by atoms with Crippen molar-refractivity contribution >= 4 is 47.4 Å². The van der Waals surface area contributed by atoms with E-state index in [1.165, 1.54) is 0 Å². The van der Waals surface area contributed by atoms with E-state index >= 15 is 0 Å². The van der Waals surface area contributed by atoms with Gasteiger partial charge in [-0.3, -0.25) is 24.7 Å². The Bertz CT molecular complexity index is 2320. The van der Waals surface area contributed by atoms with Crippen molar-refractivity contribution in [1.82, 2.24) is 39.5 Å². The lowest BCUT2D eigenvalue weighted by molar-refractivity contribution is 0.0696. The number of carbonyl (C=O) groups is 2. The number of nitrogens with one attached hydrogen (secondary N) is 2. The summed E-state index contributed by atoms with van der Waals surface area (Å²) < 4.78 is 3.38. The van der Waals surface area contributed by atoms with Gasteiger partial charge in [-0.1, -0.05) is 36.4 Å². The quantitative estimate of drug-likeness (QED) is 0.0821. The number of Topliss-reactive ketones (excluding diaryl/α,β-unsaturated/α-hetero) is 1. The van der Waals surface area contributed by atoms with Crippen molar-refractivity contribution in [3.8, 4) is 28.6 Å². The zero-order valence-electron chi connectivity index (χ0n) is 31.7. The van der Waals surface area contributed by atoms with Gasteiger partial charge in [0.1, 0.15) is 0 Å². The lowest BCUT2D eigenvalue weighted by atomic mass is 9.99. The van der Waals surface area contributed by atoms with Gasteiger partial charge in [0.15, 0.2) is 5.78 Å². The van der Waals surface area contributed by atoms with Gasteiger partial charge in [-0.05, 0) is 44.0 Å². The first-order valence-electron chi connectivity index (χ1n) is 16.9. The maximum absolute atomic E-state index is 12.2. The summed E-state index contributed by atoms with van der Waals surface area (Å²) >= 11 is 0. The lowest BCUT2D eigenvalue weighted by Gasteiger charge is -2.09. The number of aromatic nitrogens is 8. The van der Waals surface area contributed by atoms with Crippen LogP contribution in [0.3, 0.4) is 0 Å². The minimum Gasteiger partial charge on any atom is -0.478 e. The van der Waals surface area contributed by atoms with Gasteiger partial charge in [0, 0.05) is 68.9 Å². The van der Waals surface area contributed by atoms with Gasteiger partial charge in [-0.15, -0.1) is 12.4 Å². The topological polar surface area (TPSA) is 220 Å². The van der Waals surface area contributed by atoms with Crippen LogP contribution in [-0.4, -0.2) is 62.5 Å². The molecule has 2 unspecified atom stereocenters. The molecule has 2 atom stereocenters. The second kappa shape index (κ2) is 20.4. The summed E-state index contributed by atoms with van der Waals surface area (Å²) in [6.45, 7) is 13.4. The molecular weight excluding hydrogens is 734 g/mol. The van der Waals surface area contributed by atoms with E-state index in [9.17, 15) is 9.59 Å². The van der Waals surface area contributed by atoms with Gasteiger partial charge in [-0.25, -0.2) is 31.3 Å². The molecule has 0 saturated carbocycles. The van der Waals surface area contributed by atoms with E-state index in [2.05, 4.69) is 51.7 Å². The summed E-state index contributed by atoms with van der Waals surface area (Å²) in [4.78, 5) is 43.7. The number of aromatic carboxylic acids is 1. The highest BCUT2D eigenvalue weighted by Gasteiger charge is 2.13. The molecule has 4 aromatic heterocycles. The first-order valence-corrected chi connectivity index (χ1v) is 16.9. The molecule has 56 heavy (non-hydrogen) atoms. The number of rotatable bonds is 10. The van der Waals surface area contributed by atoms with Crippen LogP contribution in [0.15, 0.2) is 85.7 Å². The number of anilines is 4. The minimum absolute atomic E-state index is 0. The van der Waals surface area contributed by atoms with Crippen molar-refractivity contribution in [3.05, 3.63) is 119 Å². The summed E-state index contributed by atoms with van der Waals surface area (Å²) in [7, 11) is 3.67. The molecule has 5 N–H and O–H groups in total. The molecule has 6 rings (SSSR count). The summed E-state index contributed by atoms with van der Waals surface area (Å²) in [5.41, 5.74) is 12.5. The van der Waals surface area contributed by atoms with E-state index in [1.807, 2.05) is 52.5 Å². The van der Waals surface area contributed by atoms with Gasteiger partial charge >= 0.3 is 5.97 Å². The molecule has 17 heteroatoms. The highest BCUT2D eigenvalue weighted by Crippen LogP contribution is 2.25. The molecule has 6 aromatic rings. The van der Waals surface area contributed by atoms with Gasteiger partial charge in [0.2, 0.25) is 11.9 Å². The van der Waals surface area contributed by atoms with Crippen LogP contribution >= 0.6 is 12.4 Å². The summed E-state index contributed by atoms with van der Waals surface area (Å²) in [6.07, 6.45) is 10.4. The highest BCUT2D eigenvalue weighted by atomic mass is 35.5. The predicted octanol–water partition coefficient (Wildman–Crippen LogP) is 6.92. The van der Waals surface area contributed by atoms with Crippen molar-refractivity contribution in [2.24, 2.45) is 25.7 Å². The molecule has 0 aliphatic heterocycles. The van der Waals surface area contributed by atoms with Crippen LogP contribution in [0.25, 0.3) is 27.4 Å². The van der Waals surface area contributed by atoms with Crippen molar-refractivity contribution in [2.75, 3.05) is 10.6 Å². The van der Waals surface area contributed by atoms with E-state index in [-0.39, 0.29) is 42.3 Å². The molecule has 0 bridgehead atoms. The van der Waals surface area contributed by atoms with Crippen molar-refractivity contribution in [3.63, 3.8) is 0 Å². The number of nitrogens with zero attached hydrogens (tertiary/aromatic N) is 10. The SMILES string of the molecule is Cc1cnc(Nc2cnn(C)c2)nc1-c1ccc(C(=O)CC(C)C#N)cc1.Cc1cnc(Nc2cnn(C)c2)nc1-c1ccc(C(=O)O)cc1.Cl.[C-]#[N+]C(C)N. The van der Waals surface area contributed by atoms with Gasteiger partial charge in [0.25, 0.3) is 6.17 Å². The third-order valence-corrected chi connectivity index (χ3v) is 7.67.